The van der Waals surface area contributed by atoms with E-state index in [4.69, 9.17) is 0 Å². The maximum absolute atomic E-state index is 13.6. The van der Waals surface area contributed by atoms with Crippen molar-refractivity contribution < 1.29 is 18.4 Å². The van der Waals surface area contributed by atoms with E-state index in [-0.39, 0.29) is 23.9 Å². The topological polar surface area (TPSA) is 62.3 Å². The molecule has 0 aliphatic carbocycles. The van der Waals surface area contributed by atoms with Crippen LogP contribution in [-0.4, -0.2) is 34.8 Å². The monoisotopic (exact) mass is 345 g/mol. The highest BCUT2D eigenvalue weighted by Gasteiger charge is 2.29. The largest absolute Gasteiger partial charge is 0.324 e. The average Bonchev–Trinajstić information content (AvgIpc) is 2.64. The van der Waals surface area contributed by atoms with E-state index >= 15 is 0 Å². The van der Waals surface area contributed by atoms with Gasteiger partial charge in [0.2, 0.25) is 0 Å². The Bertz CT molecular complexity index is 780. The maximum atomic E-state index is 13.6. The molecule has 130 valence electrons. The number of carbonyl (C=O) groups excluding carboxylic acids is 2. The molecular formula is C18H17F2N3O2. The number of nitrogens with zero attached hydrogens (tertiary/aromatic N) is 2. The maximum Gasteiger partial charge on any atom is 0.321 e. The Balaban J connectivity index is 1.66. The summed E-state index contributed by atoms with van der Waals surface area (Å²) in [4.78, 5) is 30.0. The highest BCUT2D eigenvalue weighted by molar-refractivity contribution is 5.98. The van der Waals surface area contributed by atoms with Crippen LogP contribution in [0, 0.1) is 17.6 Å². The molecule has 0 radical (unpaired) electrons. The van der Waals surface area contributed by atoms with Gasteiger partial charge >= 0.3 is 6.03 Å². The number of amides is 2. The van der Waals surface area contributed by atoms with Crippen LogP contribution in [0.3, 0.4) is 0 Å². The van der Waals surface area contributed by atoms with E-state index in [0.717, 1.165) is 6.20 Å². The van der Waals surface area contributed by atoms with Gasteiger partial charge in [0, 0.05) is 30.8 Å². The van der Waals surface area contributed by atoms with Crippen LogP contribution in [0.25, 0.3) is 0 Å². The minimum atomic E-state index is -0.619. The summed E-state index contributed by atoms with van der Waals surface area (Å²) in [6.45, 7) is 0.737. The Morgan fingerprint density at radius 2 is 1.92 bits per heavy atom. The van der Waals surface area contributed by atoms with Gasteiger partial charge in [0.1, 0.15) is 5.82 Å². The molecule has 0 spiro atoms. The van der Waals surface area contributed by atoms with Crippen molar-refractivity contribution in [1.82, 2.24) is 9.88 Å². The molecule has 5 nitrogen and oxygen atoms in total. The van der Waals surface area contributed by atoms with E-state index in [1.54, 1.807) is 0 Å². The van der Waals surface area contributed by atoms with Crippen molar-refractivity contribution >= 4 is 17.5 Å². The predicted molar refractivity (Wildman–Crippen MR) is 88.2 cm³/mol. The summed E-state index contributed by atoms with van der Waals surface area (Å²) in [5.74, 6) is -1.49. The van der Waals surface area contributed by atoms with E-state index in [9.17, 15) is 18.4 Å². The summed E-state index contributed by atoms with van der Waals surface area (Å²) >= 11 is 0. The fourth-order valence-corrected chi connectivity index (χ4v) is 2.90. The van der Waals surface area contributed by atoms with Crippen LogP contribution in [0.15, 0.2) is 42.7 Å². The number of urea groups is 1. The predicted octanol–water partition coefficient (Wildman–Crippen LogP) is 3.49. The molecule has 1 aliphatic rings. The third kappa shape index (κ3) is 3.99. The molecule has 7 heteroatoms. The average molecular weight is 345 g/mol. The first kappa shape index (κ1) is 17.0. The van der Waals surface area contributed by atoms with Crippen molar-refractivity contribution in [2.24, 2.45) is 5.92 Å². The molecular weight excluding hydrogens is 328 g/mol. The molecule has 2 amide bonds. The Labute approximate surface area is 143 Å². The standard InChI is InChI=1S/C18H17F2N3O2/c19-14-5-3-12(4-6-14)17(24)13-2-1-9-23(11-13)18(25)22-16-7-8-21-10-15(16)20/h3-8,10,13H,1-2,9,11H2,(H,21,22,25)/t13-/m0/s1. The molecule has 2 aromatic rings. The van der Waals surface area contributed by atoms with E-state index in [2.05, 4.69) is 10.3 Å². The number of rotatable bonds is 3. The van der Waals surface area contributed by atoms with Crippen LogP contribution >= 0.6 is 0 Å². The van der Waals surface area contributed by atoms with Crippen molar-refractivity contribution in [3.05, 3.63) is 59.9 Å². The summed E-state index contributed by atoms with van der Waals surface area (Å²) in [5, 5.41) is 2.50. The van der Waals surface area contributed by atoms with Crippen LogP contribution in [0.4, 0.5) is 19.3 Å². The van der Waals surface area contributed by atoms with E-state index < -0.39 is 17.7 Å². The highest BCUT2D eigenvalue weighted by Crippen LogP contribution is 2.22. The lowest BCUT2D eigenvalue weighted by atomic mass is 9.90. The molecule has 2 heterocycles. The SMILES string of the molecule is O=C(c1ccc(F)cc1)[C@H]1CCCN(C(=O)Nc2ccncc2F)C1. The lowest BCUT2D eigenvalue weighted by Crippen LogP contribution is -2.44. The minimum absolute atomic E-state index is 0.0481. The molecule has 1 saturated heterocycles. The van der Waals surface area contributed by atoms with Gasteiger partial charge in [0.05, 0.1) is 11.9 Å². The lowest BCUT2D eigenvalue weighted by molar-refractivity contribution is 0.0851. The number of pyridine rings is 1. The van der Waals surface area contributed by atoms with Gasteiger partial charge in [-0.2, -0.15) is 0 Å². The van der Waals surface area contributed by atoms with Gasteiger partial charge in [0.15, 0.2) is 11.6 Å². The Kier molecular flexibility index (Phi) is 5.02. The summed E-state index contributed by atoms with van der Waals surface area (Å²) in [6, 6.07) is 6.30. The second-order valence-electron chi connectivity index (χ2n) is 5.94. The molecule has 0 bridgehead atoms. The fraction of sp³-hybridized carbons (Fsp3) is 0.278. The molecule has 1 aromatic heterocycles. The summed E-state index contributed by atoms with van der Waals surface area (Å²) < 4.78 is 26.6. The number of likely N-dealkylation sites (tertiary alicyclic amines) is 1. The summed E-state index contributed by atoms with van der Waals surface area (Å²) in [7, 11) is 0. The van der Waals surface area contributed by atoms with Gasteiger partial charge in [-0.25, -0.2) is 13.6 Å². The number of anilines is 1. The smallest absolute Gasteiger partial charge is 0.321 e. The molecule has 1 aromatic carbocycles. The zero-order valence-electron chi connectivity index (χ0n) is 13.4. The number of halogens is 2. The molecule has 25 heavy (non-hydrogen) atoms. The number of ketones is 1. The molecule has 1 fully saturated rings. The normalized spacial score (nSPS) is 17.2. The number of piperidine rings is 1. The van der Waals surface area contributed by atoms with Crippen molar-refractivity contribution in [1.29, 1.82) is 0 Å². The van der Waals surface area contributed by atoms with E-state index in [0.29, 0.717) is 24.9 Å². The van der Waals surface area contributed by atoms with Crippen LogP contribution in [0.5, 0.6) is 0 Å². The second-order valence-corrected chi connectivity index (χ2v) is 5.94. The van der Waals surface area contributed by atoms with Gasteiger partial charge in [-0.1, -0.05) is 0 Å². The minimum Gasteiger partial charge on any atom is -0.324 e. The van der Waals surface area contributed by atoms with Crippen LogP contribution < -0.4 is 5.32 Å². The quantitative estimate of drug-likeness (QED) is 0.866. The number of aromatic nitrogens is 1. The number of Topliss-reactive ketones (excluding diaryl/α,β-unsaturated/α-hetero) is 1. The zero-order chi connectivity index (χ0) is 17.8. The second kappa shape index (κ2) is 7.38. The molecule has 1 atom stereocenters. The van der Waals surface area contributed by atoms with Gasteiger partial charge in [0.25, 0.3) is 0 Å². The number of nitrogens with one attached hydrogen (secondary N) is 1. The van der Waals surface area contributed by atoms with Gasteiger partial charge < -0.3 is 10.2 Å². The van der Waals surface area contributed by atoms with E-state index in [1.165, 1.54) is 41.4 Å². The molecule has 1 aliphatic heterocycles. The van der Waals surface area contributed by atoms with Crippen molar-refractivity contribution in [2.75, 3.05) is 18.4 Å². The van der Waals surface area contributed by atoms with Crippen molar-refractivity contribution in [3.8, 4) is 0 Å². The molecule has 1 N–H and O–H groups in total. The van der Waals surface area contributed by atoms with E-state index in [1.807, 2.05) is 0 Å². The highest BCUT2D eigenvalue weighted by atomic mass is 19.1. The summed E-state index contributed by atoms with van der Waals surface area (Å²) in [6.07, 6.45) is 3.73. The third-order valence-electron chi connectivity index (χ3n) is 4.22. The number of hydrogen-bond acceptors (Lipinski definition) is 3. The third-order valence-corrected chi connectivity index (χ3v) is 4.22. The van der Waals surface area contributed by atoms with Crippen molar-refractivity contribution in [3.63, 3.8) is 0 Å². The van der Waals surface area contributed by atoms with Crippen molar-refractivity contribution in [2.45, 2.75) is 12.8 Å². The zero-order valence-corrected chi connectivity index (χ0v) is 13.4. The first-order valence-corrected chi connectivity index (χ1v) is 8.00. The number of benzene rings is 1. The molecule has 0 saturated carbocycles. The van der Waals surface area contributed by atoms with Gasteiger partial charge in [-0.3, -0.25) is 9.78 Å². The van der Waals surface area contributed by atoms with Crippen LogP contribution in [-0.2, 0) is 0 Å². The van der Waals surface area contributed by atoms with Gasteiger partial charge in [-0.15, -0.1) is 0 Å². The Morgan fingerprint density at radius 1 is 1.16 bits per heavy atom. The van der Waals surface area contributed by atoms with Crippen LogP contribution in [0.2, 0.25) is 0 Å². The van der Waals surface area contributed by atoms with Gasteiger partial charge in [-0.05, 0) is 43.2 Å². The number of hydrogen-bond donors (Lipinski definition) is 1. The summed E-state index contributed by atoms with van der Waals surface area (Å²) in [5.41, 5.74) is 0.473. The van der Waals surface area contributed by atoms with Crippen LogP contribution in [0.1, 0.15) is 23.2 Å². The fourth-order valence-electron chi connectivity index (χ4n) is 2.90. The first-order valence-electron chi connectivity index (χ1n) is 8.00. The molecule has 0 unspecified atom stereocenters. The first-order chi connectivity index (χ1) is 12.0. The molecule has 3 rings (SSSR count). The Hall–Kier alpha value is -2.83. The number of carbonyl (C=O) groups is 2. The Morgan fingerprint density at radius 3 is 2.64 bits per heavy atom. The lowest BCUT2D eigenvalue weighted by Gasteiger charge is -2.32.